The molecule has 1 aliphatic rings. The van der Waals surface area contributed by atoms with Gasteiger partial charge < -0.3 is 62.7 Å². The Labute approximate surface area is 264 Å². The predicted octanol–water partition coefficient (Wildman–Crippen LogP) is 1.43. The van der Waals surface area contributed by atoms with Crippen LogP contribution in [-0.2, 0) is 52.1 Å². The molecule has 0 atom stereocenters. The largest absolute Gasteiger partial charge is 0.444 e. The number of ether oxygens (including phenoxy) is 11. The lowest BCUT2D eigenvalue weighted by molar-refractivity contribution is -0.0321. The molecular formula is C30H60N2O12. The molecule has 0 radical (unpaired) electrons. The van der Waals surface area contributed by atoms with Crippen molar-refractivity contribution >= 4 is 6.09 Å². The highest BCUT2D eigenvalue weighted by molar-refractivity contribution is 5.67. The van der Waals surface area contributed by atoms with Crippen LogP contribution in [0, 0.1) is 0 Å². The summed E-state index contributed by atoms with van der Waals surface area (Å²) in [4.78, 5) is 11.5. The topological polar surface area (TPSA) is 143 Å². The van der Waals surface area contributed by atoms with Crippen LogP contribution in [0.25, 0.3) is 0 Å². The molecule has 0 unspecified atom stereocenters. The van der Waals surface area contributed by atoms with Crippen molar-refractivity contribution in [3.8, 4) is 0 Å². The van der Waals surface area contributed by atoms with E-state index in [0.717, 1.165) is 25.9 Å². The Bertz CT molecular complexity index is 621. The normalized spacial score (nSPS) is 14.2. The van der Waals surface area contributed by atoms with Crippen molar-refractivity contribution in [2.45, 2.75) is 45.3 Å². The number of amides is 1. The summed E-state index contributed by atoms with van der Waals surface area (Å²) < 4.78 is 60.1. The summed E-state index contributed by atoms with van der Waals surface area (Å²) in [6.45, 7) is 17.6. The van der Waals surface area contributed by atoms with Gasteiger partial charge in [-0.1, -0.05) is 0 Å². The Morgan fingerprint density at radius 3 is 1.20 bits per heavy atom. The SMILES string of the molecule is CC(C)(C)OC(=O)NCCOCCOCCOCCOCCOCCOCCOCCOCCOCCOC1CCNCC1. The third-order valence-corrected chi connectivity index (χ3v) is 5.76. The zero-order valence-corrected chi connectivity index (χ0v) is 27.4. The maximum atomic E-state index is 11.5. The van der Waals surface area contributed by atoms with Crippen LogP contribution in [-0.4, -0.2) is 163 Å². The Morgan fingerprint density at radius 2 is 0.864 bits per heavy atom. The van der Waals surface area contributed by atoms with Crippen molar-refractivity contribution in [2.24, 2.45) is 0 Å². The number of piperidine rings is 1. The highest BCUT2D eigenvalue weighted by atomic mass is 16.6. The van der Waals surface area contributed by atoms with Gasteiger partial charge in [0, 0.05) is 6.54 Å². The molecule has 1 amide bonds. The third kappa shape index (κ3) is 30.8. The molecule has 1 rings (SSSR count). The average molecular weight is 641 g/mol. The molecule has 1 aliphatic heterocycles. The van der Waals surface area contributed by atoms with E-state index in [4.69, 9.17) is 52.1 Å². The fourth-order valence-corrected chi connectivity index (χ4v) is 3.64. The summed E-state index contributed by atoms with van der Waals surface area (Å²) in [5, 5.41) is 5.96. The first-order valence-electron chi connectivity index (χ1n) is 16.0. The standard InChI is InChI=1S/C30H60N2O12/c1-30(2,3)44-29(33)32-8-9-34-10-11-35-12-13-36-14-15-37-16-17-38-18-19-39-20-21-40-22-23-41-24-25-42-26-27-43-28-4-6-31-7-5-28/h28,31H,4-27H2,1-3H3,(H,32,33). The van der Waals surface area contributed by atoms with E-state index in [-0.39, 0.29) is 0 Å². The third-order valence-electron chi connectivity index (χ3n) is 5.76. The van der Waals surface area contributed by atoms with Crippen molar-refractivity contribution in [3.05, 3.63) is 0 Å². The Morgan fingerprint density at radius 1 is 0.545 bits per heavy atom. The predicted molar refractivity (Wildman–Crippen MR) is 163 cm³/mol. The molecule has 0 aromatic rings. The molecule has 0 aliphatic carbocycles. The number of nitrogens with one attached hydrogen (secondary N) is 2. The molecule has 1 fully saturated rings. The van der Waals surface area contributed by atoms with Gasteiger partial charge in [0.15, 0.2) is 0 Å². The van der Waals surface area contributed by atoms with E-state index in [9.17, 15) is 4.79 Å². The zero-order chi connectivity index (χ0) is 31.8. The van der Waals surface area contributed by atoms with Gasteiger partial charge in [-0.25, -0.2) is 4.79 Å². The minimum absolute atomic E-state index is 0.369. The molecule has 0 bridgehead atoms. The van der Waals surface area contributed by atoms with Crippen LogP contribution in [0.5, 0.6) is 0 Å². The molecule has 262 valence electrons. The van der Waals surface area contributed by atoms with Gasteiger partial charge in [-0.15, -0.1) is 0 Å². The summed E-state index contributed by atoms with van der Waals surface area (Å²) in [6, 6.07) is 0. The van der Waals surface area contributed by atoms with Gasteiger partial charge in [0.25, 0.3) is 0 Å². The molecule has 1 heterocycles. The maximum absolute atomic E-state index is 11.5. The second-order valence-corrected chi connectivity index (χ2v) is 10.8. The first kappa shape index (κ1) is 40.9. The molecule has 0 aromatic heterocycles. The van der Waals surface area contributed by atoms with Gasteiger partial charge in [-0.05, 0) is 46.7 Å². The number of hydrogen-bond acceptors (Lipinski definition) is 13. The van der Waals surface area contributed by atoms with E-state index < -0.39 is 11.7 Å². The first-order chi connectivity index (χ1) is 21.5. The number of carbonyl (C=O) groups is 1. The minimum Gasteiger partial charge on any atom is -0.444 e. The highest BCUT2D eigenvalue weighted by Crippen LogP contribution is 2.07. The monoisotopic (exact) mass is 640 g/mol. The summed E-state index contributed by atoms with van der Waals surface area (Å²) in [5.74, 6) is 0. The quantitative estimate of drug-likeness (QED) is 0.106. The van der Waals surface area contributed by atoms with Crippen molar-refractivity contribution in [3.63, 3.8) is 0 Å². The summed E-state index contributed by atoms with van der Waals surface area (Å²) in [5.41, 5.74) is -0.508. The maximum Gasteiger partial charge on any atom is 0.407 e. The van der Waals surface area contributed by atoms with Crippen molar-refractivity contribution in [1.29, 1.82) is 0 Å². The van der Waals surface area contributed by atoms with Gasteiger partial charge in [-0.3, -0.25) is 0 Å². The lowest BCUT2D eigenvalue weighted by atomic mass is 10.1. The number of alkyl carbamates (subject to hydrolysis) is 1. The lowest BCUT2D eigenvalue weighted by Crippen LogP contribution is -2.34. The van der Waals surface area contributed by atoms with Crippen LogP contribution in [0.2, 0.25) is 0 Å². The van der Waals surface area contributed by atoms with E-state index in [2.05, 4.69) is 10.6 Å². The molecule has 1 saturated heterocycles. The van der Waals surface area contributed by atoms with E-state index in [1.807, 2.05) is 20.8 Å². The summed E-state index contributed by atoms with van der Waals surface area (Å²) in [7, 11) is 0. The van der Waals surface area contributed by atoms with E-state index in [1.165, 1.54) is 0 Å². The molecule has 0 aromatic carbocycles. The van der Waals surface area contributed by atoms with E-state index in [0.29, 0.717) is 138 Å². The van der Waals surface area contributed by atoms with Crippen LogP contribution >= 0.6 is 0 Å². The van der Waals surface area contributed by atoms with Crippen LogP contribution in [0.15, 0.2) is 0 Å². The second kappa shape index (κ2) is 30.5. The number of hydrogen-bond donors (Lipinski definition) is 2. The Balaban J connectivity index is 1.63. The summed E-state index contributed by atoms with van der Waals surface area (Å²) in [6.07, 6.45) is 2.08. The molecule has 14 nitrogen and oxygen atoms in total. The fraction of sp³-hybridized carbons (Fsp3) is 0.967. The molecule has 0 spiro atoms. The molecular weight excluding hydrogens is 580 g/mol. The lowest BCUT2D eigenvalue weighted by Gasteiger charge is -2.22. The van der Waals surface area contributed by atoms with E-state index in [1.54, 1.807) is 0 Å². The number of carbonyl (C=O) groups excluding carboxylic acids is 1. The van der Waals surface area contributed by atoms with Crippen molar-refractivity contribution < 1.29 is 56.9 Å². The molecule has 14 heteroatoms. The molecule has 2 N–H and O–H groups in total. The van der Waals surface area contributed by atoms with Crippen LogP contribution in [0.1, 0.15) is 33.6 Å². The van der Waals surface area contributed by atoms with Crippen molar-refractivity contribution in [1.82, 2.24) is 10.6 Å². The van der Waals surface area contributed by atoms with Gasteiger partial charge >= 0.3 is 6.09 Å². The van der Waals surface area contributed by atoms with Gasteiger partial charge in [-0.2, -0.15) is 0 Å². The number of rotatable bonds is 31. The van der Waals surface area contributed by atoms with Gasteiger partial charge in [0.05, 0.1) is 132 Å². The van der Waals surface area contributed by atoms with Crippen molar-refractivity contribution in [2.75, 3.05) is 145 Å². The smallest absolute Gasteiger partial charge is 0.407 e. The van der Waals surface area contributed by atoms with Crippen LogP contribution in [0.3, 0.4) is 0 Å². The zero-order valence-electron chi connectivity index (χ0n) is 27.4. The minimum atomic E-state index is -0.508. The highest BCUT2D eigenvalue weighted by Gasteiger charge is 2.15. The first-order valence-corrected chi connectivity index (χ1v) is 16.0. The van der Waals surface area contributed by atoms with E-state index >= 15 is 0 Å². The van der Waals surface area contributed by atoms with Gasteiger partial charge in [0.1, 0.15) is 5.60 Å². The molecule has 0 saturated carbocycles. The second-order valence-electron chi connectivity index (χ2n) is 10.8. The van der Waals surface area contributed by atoms with Crippen LogP contribution in [0.4, 0.5) is 4.79 Å². The summed E-state index contributed by atoms with van der Waals surface area (Å²) >= 11 is 0. The van der Waals surface area contributed by atoms with Gasteiger partial charge in [0.2, 0.25) is 0 Å². The van der Waals surface area contributed by atoms with Crippen LogP contribution < -0.4 is 10.6 Å². The fourth-order valence-electron chi connectivity index (χ4n) is 3.64. The average Bonchev–Trinajstić information content (AvgIpc) is 2.99. The Hall–Kier alpha value is -1.17. The molecule has 44 heavy (non-hydrogen) atoms. The Kier molecular flexibility index (Phi) is 28.3.